The maximum atomic E-state index is 8.95. The Balaban J connectivity index is 1.74. The van der Waals surface area contributed by atoms with E-state index in [1.807, 2.05) is 0 Å². The third-order valence-electron chi connectivity index (χ3n) is 4.54. The van der Waals surface area contributed by atoms with Crippen LogP contribution in [0.4, 0.5) is 0 Å². The van der Waals surface area contributed by atoms with Gasteiger partial charge in [0.1, 0.15) is 0 Å². The Labute approximate surface area is 106 Å². The zero-order valence-electron chi connectivity index (χ0n) is 11.4. The highest BCUT2D eigenvalue weighted by Gasteiger charge is 2.31. The molecule has 1 atom stereocenters. The molecule has 2 nitrogen and oxygen atoms in total. The Kier molecular flexibility index (Phi) is 4.45. The van der Waals surface area contributed by atoms with Crippen molar-refractivity contribution in [2.24, 2.45) is 17.8 Å². The normalized spacial score (nSPS) is 35.1. The molecule has 0 spiro atoms. The molecule has 0 radical (unpaired) electrons. The van der Waals surface area contributed by atoms with Crippen LogP contribution in [0.2, 0.25) is 0 Å². The highest BCUT2D eigenvalue weighted by Crippen LogP contribution is 2.33. The maximum Gasteiger partial charge on any atom is 0.0669 e. The first-order chi connectivity index (χ1) is 8.19. The third-order valence-corrected chi connectivity index (χ3v) is 4.54. The van der Waals surface area contributed by atoms with Crippen LogP contribution in [0.1, 0.15) is 52.4 Å². The summed E-state index contributed by atoms with van der Waals surface area (Å²) in [5.41, 5.74) is 0. The van der Waals surface area contributed by atoms with Crippen LogP contribution in [0, 0.1) is 29.1 Å². The van der Waals surface area contributed by atoms with Crippen molar-refractivity contribution in [3.8, 4) is 6.07 Å². The minimum Gasteiger partial charge on any atom is -0.299 e. The van der Waals surface area contributed by atoms with E-state index in [4.69, 9.17) is 5.26 Å². The molecule has 1 heterocycles. The fourth-order valence-electron chi connectivity index (χ4n) is 3.64. The van der Waals surface area contributed by atoms with Crippen molar-refractivity contribution in [1.82, 2.24) is 4.90 Å². The average molecular weight is 234 g/mol. The maximum absolute atomic E-state index is 8.95. The molecule has 17 heavy (non-hydrogen) atoms. The lowest BCUT2D eigenvalue weighted by molar-refractivity contribution is 0.153. The molecule has 1 saturated heterocycles. The second kappa shape index (κ2) is 5.87. The molecular weight excluding hydrogens is 208 g/mol. The molecule has 1 saturated carbocycles. The number of hydrogen-bond acceptors (Lipinski definition) is 2. The van der Waals surface area contributed by atoms with E-state index in [1.165, 1.54) is 32.1 Å². The zero-order chi connectivity index (χ0) is 12.3. The molecule has 96 valence electrons. The van der Waals surface area contributed by atoms with E-state index in [0.29, 0.717) is 5.92 Å². The molecule has 0 aromatic rings. The summed E-state index contributed by atoms with van der Waals surface area (Å²) in [5.74, 6) is 2.13. The number of nitriles is 1. The van der Waals surface area contributed by atoms with Gasteiger partial charge in [-0.15, -0.1) is 0 Å². The van der Waals surface area contributed by atoms with Gasteiger partial charge in [0.15, 0.2) is 0 Å². The lowest BCUT2D eigenvalue weighted by Crippen LogP contribution is -2.36. The first-order valence-corrected chi connectivity index (χ1v) is 7.32. The first kappa shape index (κ1) is 12.9. The molecule has 2 aliphatic rings. The Hall–Kier alpha value is -0.550. The summed E-state index contributed by atoms with van der Waals surface area (Å²) >= 11 is 0. The lowest BCUT2D eigenvalue weighted by atomic mass is 9.81. The number of rotatable bonds is 3. The molecule has 0 unspecified atom stereocenters. The summed E-state index contributed by atoms with van der Waals surface area (Å²) in [6.45, 7) is 6.88. The molecular formula is C15H26N2. The molecule has 0 aromatic heterocycles. The van der Waals surface area contributed by atoms with Gasteiger partial charge < -0.3 is 0 Å². The van der Waals surface area contributed by atoms with E-state index < -0.39 is 0 Å². The Bertz CT molecular complexity index is 271. The Morgan fingerprint density at radius 3 is 2.41 bits per heavy atom. The van der Waals surface area contributed by atoms with E-state index >= 15 is 0 Å². The van der Waals surface area contributed by atoms with Crippen molar-refractivity contribution in [3.63, 3.8) is 0 Å². The zero-order valence-corrected chi connectivity index (χ0v) is 11.4. The van der Waals surface area contributed by atoms with E-state index in [2.05, 4.69) is 24.8 Å². The minimum absolute atomic E-state index is 0.309. The summed E-state index contributed by atoms with van der Waals surface area (Å²) < 4.78 is 0. The van der Waals surface area contributed by atoms with Gasteiger partial charge in [-0.05, 0) is 56.9 Å². The van der Waals surface area contributed by atoms with Crippen molar-refractivity contribution in [2.45, 2.75) is 58.4 Å². The monoisotopic (exact) mass is 234 g/mol. The average Bonchev–Trinajstić information content (AvgIpc) is 2.78. The van der Waals surface area contributed by atoms with Crippen LogP contribution in [0.5, 0.6) is 0 Å². The van der Waals surface area contributed by atoms with Crippen molar-refractivity contribution in [1.29, 1.82) is 5.26 Å². The smallest absolute Gasteiger partial charge is 0.0669 e. The number of hydrogen-bond donors (Lipinski definition) is 0. The van der Waals surface area contributed by atoms with E-state index in [9.17, 15) is 0 Å². The second-order valence-electron chi connectivity index (χ2n) is 6.41. The van der Waals surface area contributed by atoms with Gasteiger partial charge in [0.2, 0.25) is 0 Å². The molecule has 0 N–H and O–H groups in total. The molecule has 1 aliphatic carbocycles. The summed E-state index contributed by atoms with van der Waals surface area (Å²) in [7, 11) is 0. The molecule has 0 aromatic carbocycles. The van der Waals surface area contributed by atoms with Crippen LogP contribution in [0.15, 0.2) is 0 Å². The van der Waals surface area contributed by atoms with Crippen molar-refractivity contribution in [2.75, 3.05) is 13.1 Å². The Morgan fingerprint density at radius 2 is 1.88 bits per heavy atom. The van der Waals surface area contributed by atoms with Crippen molar-refractivity contribution in [3.05, 3.63) is 0 Å². The van der Waals surface area contributed by atoms with Gasteiger partial charge in [0.25, 0.3) is 0 Å². The van der Waals surface area contributed by atoms with Gasteiger partial charge in [-0.2, -0.15) is 5.26 Å². The fraction of sp³-hybridized carbons (Fsp3) is 0.933. The van der Waals surface area contributed by atoms with Crippen LogP contribution >= 0.6 is 0 Å². The van der Waals surface area contributed by atoms with E-state index in [-0.39, 0.29) is 0 Å². The van der Waals surface area contributed by atoms with Crippen LogP contribution in [0.25, 0.3) is 0 Å². The second-order valence-corrected chi connectivity index (χ2v) is 6.41. The summed E-state index contributed by atoms with van der Waals surface area (Å²) in [6, 6.07) is 3.21. The van der Waals surface area contributed by atoms with Gasteiger partial charge in [-0.3, -0.25) is 4.90 Å². The van der Waals surface area contributed by atoms with Crippen LogP contribution in [0.3, 0.4) is 0 Å². The summed E-state index contributed by atoms with van der Waals surface area (Å²) in [6.07, 6.45) is 8.08. The highest BCUT2D eigenvalue weighted by molar-refractivity contribution is 4.93. The van der Waals surface area contributed by atoms with Crippen LogP contribution in [-0.4, -0.2) is 24.0 Å². The quantitative estimate of drug-likeness (QED) is 0.748. The van der Waals surface area contributed by atoms with E-state index in [1.54, 1.807) is 0 Å². The molecule has 2 heteroatoms. The number of likely N-dealkylation sites (tertiary alicyclic amines) is 1. The molecule has 0 bridgehead atoms. The van der Waals surface area contributed by atoms with Crippen LogP contribution in [-0.2, 0) is 0 Å². The molecule has 2 rings (SSSR count). The van der Waals surface area contributed by atoms with Gasteiger partial charge >= 0.3 is 0 Å². The standard InChI is InChI=1S/C15H26N2/c1-12(2)9-13-3-5-15(6-4-13)17-8-7-14(10-16)11-17/h12-15H,3-9,11H2,1-2H3/t13?,14-,15?/m0/s1. The van der Waals surface area contributed by atoms with Crippen molar-refractivity contribution < 1.29 is 0 Å². The number of nitrogens with zero attached hydrogens (tertiary/aromatic N) is 2. The summed E-state index contributed by atoms with van der Waals surface area (Å²) in [4.78, 5) is 2.58. The van der Waals surface area contributed by atoms with E-state index in [0.717, 1.165) is 37.4 Å². The topological polar surface area (TPSA) is 27.0 Å². The minimum atomic E-state index is 0.309. The fourth-order valence-corrected chi connectivity index (χ4v) is 3.64. The van der Waals surface area contributed by atoms with Crippen LogP contribution < -0.4 is 0 Å². The van der Waals surface area contributed by atoms with Gasteiger partial charge in [0, 0.05) is 12.6 Å². The largest absolute Gasteiger partial charge is 0.299 e. The van der Waals surface area contributed by atoms with Gasteiger partial charge in [-0.1, -0.05) is 13.8 Å². The molecule has 2 fully saturated rings. The first-order valence-electron chi connectivity index (χ1n) is 7.32. The molecule has 0 amide bonds. The summed E-state index contributed by atoms with van der Waals surface area (Å²) in [5, 5.41) is 8.95. The SMILES string of the molecule is CC(C)CC1CCC(N2CC[C@@H](C#N)C2)CC1. The predicted octanol–water partition coefficient (Wildman–Crippen LogP) is 3.44. The van der Waals surface area contributed by atoms with Gasteiger partial charge in [-0.25, -0.2) is 0 Å². The van der Waals surface area contributed by atoms with Gasteiger partial charge in [0.05, 0.1) is 12.0 Å². The lowest BCUT2D eigenvalue weighted by Gasteiger charge is -2.35. The third kappa shape index (κ3) is 3.45. The highest BCUT2D eigenvalue weighted by atomic mass is 15.2. The molecule has 1 aliphatic heterocycles. The predicted molar refractivity (Wildman–Crippen MR) is 70.5 cm³/mol. The Morgan fingerprint density at radius 1 is 1.18 bits per heavy atom. The van der Waals surface area contributed by atoms with Crippen molar-refractivity contribution >= 4 is 0 Å².